The third kappa shape index (κ3) is 2.71. The average molecular weight is 556 g/mol. The fourth-order valence-electron chi connectivity index (χ4n) is 4.28. The Morgan fingerprint density at radius 2 is 1.44 bits per heavy atom. The van der Waals surface area contributed by atoms with E-state index in [1.807, 2.05) is 6.07 Å². The number of benzene rings is 2. The van der Waals surface area contributed by atoms with Crippen molar-refractivity contribution in [3.63, 3.8) is 0 Å². The molecule has 3 aliphatic carbocycles. The van der Waals surface area contributed by atoms with Crippen LogP contribution >= 0.6 is 45.2 Å². The Morgan fingerprint density at radius 1 is 0.840 bits per heavy atom. The van der Waals surface area contributed by atoms with E-state index in [4.69, 9.17) is 0 Å². The molecule has 0 spiro atoms. The molecule has 0 radical (unpaired) electrons. The lowest BCUT2D eigenvalue weighted by Crippen LogP contribution is -2.47. The van der Waals surface area contributed by atoms with Gasteiger partial charge in [-0.3, -0.25) is 9.59 Å². The van der Waals surface area contributed by atoms with Crippen LogP contribution in [0.3, 0.4) is 0 Å². The third-order valence-electron chi connectivity index (χ3n) is 5.76. The Morgan fingerprint density at radius 3 is 2.12 bits per heavy atom. The largest absolute Gasteiger partial charge is 0.299 e. The summed E-state index contributed by atoms with van der Waals surface area (Å²) in [4.78, 5) is 24.9. The Kier molecular flexibility index (Phi) is 4.34. The van der Waals surface area contributed by atoms with Crippen LogP contribution in [0.2, 0.25) is 0 Å². The summed E-state index contributed by atoms with van der Waals surface area (Å²) >= 11 is 4.76. The zero-order chi connectivity index (χ0) is 17.9. The Balaban J connectivity index is 1.98. The van der Waals surface area contributed by atoms with Crippen molar-refractivity contribution in [2.75, 3.05) is 0 Å². The van der Waals surface area contributed by atoms with Gasteiger partial charge in [0.05, 0.1) is 5.41 Å². The van der Waals surface area contributed by atoms with E-state index in [1.165, 1.54) is 20.3 Å². The fraction of sp³-hybridized carbons (Fsp3) is 0.333. The molecule has 128 valence electrons. The first-order chi connectivity index (χ1) is 11.8. The molecule has 0 saturated carbocycles. The molecule has 3 aliphatic rings. The number of aryl methyl sites for hydroxylation is 2. The number of fused-ring (bicyclic) bond motifs is 3. The van der Waals surface area contributed by atoms with Crippen LogP contribution in [0, 0.1) is 7.14 Å². The number of Topliss-reactive ketones (excluding diaryl/α,β-unsaturated/α-hetero) is 2. The molecule has 25 heavy (non-hydrogen) atoms. The molecule has 0 saturated heterocycles. The van der Waals surface area contributed by atoms with Gasteiger partial charge < -0.3 is 0 Å². The topological polar surface area (TPSA) is 34.1 Å². The summed E-state index contributed by atoms with van der Waals surface area (Å²) in [6, 6.07) is 8.70. The van der Waals surface area contributed by atoms with Crippen molar-refractivity contribution < 1.29 is 9.59 Å². The standard InChI is InChI=1S/C21H18I2O2/c1-11(24)17-5-16-10-21(12(2)25)9-15-8-19(22)14(6-18(15)21)4-3-13(17)7-20(16)23/h5-8H,3-4,9-10H2,1-2H3. The highest BCUT2D eigenvalue weighted by atomic mass is 127. The molecule has 2 nitrogen and oxygen atoms in total. The maximum atomic E-state index is 12.7. The van der Waals surface area contributed by atoms with Gasteiger partial charge in [-0.25, -0.2) is 0 Å². The summed E-state index contributed by atoms with van der Waals surface area (Å²) in [5, 5.41) is 0. The molecule has 0 heterocycles. The number of halogens is 2. The molecular weight excluding hydrogens is 538 g/mol. The average Bonchev–Trinajstić information content (AvgIpc) is 2.54. The van der Waals surface area contributed by atoms with Crippen molar-refractivity contribution in [3.8, 4) is 0 Å². The van der Waals surface area contributed by atoms with Gasteiger partial charge in [-0.15, -0.1) is 0 Å². The Labute approximate surface area is 175 Å². The fourth-order valence-corrected chi connectivity index (χ4v) is 5.80. The lowest BCUT2D eigenvalue weighted by molar-refractivity contribution is -0.123. The molecule has 0 N–H and O–H groups in total. The normalized spacial score (nSPS) is 20.6. The quantitative estimate of drug-likeness (QED) is 0.393. The Bertz CT molecular complexity index is 945. The number of carbonyl (C=O) groups is 2. The van der Waals surface area contributed by atoms with Gasteiger partial charge in [-0.2, -0.15) is 0 Å². The summed E-state index contributed by atoms with van der Waals surface area (Å²) in [5.41, 5.74) is 6.45. The van der Waals surface area contributed by atoms with E-state index >= 15 is 0 Å². The van der Waals surface area contributed by atoms with E-state index in [2.05, 4.69) is 63.4 Å². The van der Waals surface area contributed by atoms with E-state index in [-0.39, 0.29) is 11.6 Å². The second-order valence-corrected chi connectivity index (χ2v) is 9.57. The number of ketones is 2. The van der Waals surface area contributed by atoms with E-state index in [0.29, 0.717) is 6.42 Å². The van der Waals surface area contributed by atoms with Gasteiger partial charge in [0.25, 0.3) is 0 Å². The summed E-state index contributed by atoms with van der Waals surface area (Å²) < 4.78 is 2.43. The molecule has 4 bridgehead atoms. The van der Waals surface area contributed by atoms with Gasteiger partial charge in [0.15, 0.2) is 5.78 Å². The van der Waals surface area contributed by atoms with Crippen LogP contribution in [0.5, 0.6) is 0 Å². The van der Waals surface area contributed by atoms with E-state index in [0.717, 1.165) is 39.5 Å². The van der Waals surface area contributed by atoms with Crippen LogP contribution in [-0.4, -0.2) is 11.6 Å². The molecule has 0 aliphatic heterocycles. The van der Waals surface area contributed by atoms with Gasteiger partial charge in [-0.05, 0) is 131 Å². The van der Waals surface area contributed by atoms with E-state index in [1.54, 1.807) is 13.8 Å². The van der Waals surface area contributed by atoms with Crippen molar-refractivity contribution in [1.29, 1.82) is 0 Å². The van der Waals surface area contributed by atoms with Crippen LogP contribution in [0.4, 0.5) is 0 Å². The minimum atomic E-state index is -0.422. The molecule has 1 unspecified atom stereocenters. The first-order valence-electron chi connectivity index (χ1n) is 8.47. The highest BCUT2D eigenvalue weighted by Crippen LogP contribution is 2.47. The van der Waals surface area contributed by atoms with Crippen LogP contribution in [0.25, 0.3) is 0 Å². The van der Waals surface area contributed by atoms with Gasteiger partial charge in [0.2, 0.25) is 0 Å². The summed E-state index contributed by atoms with van der Waals surface area (Å²) in [6.45, 7) is 3.36. The zero-order valence-corrected chi connectivity index (χ0v) is 18.5. The molecule has 0 amide bonds. The maximum absolute atomic E-state index is 12.7. The van der Waals surface area contributed by atoms with Crippen molar-refractivity contribution >= 4 is 56.7 Å². The van der Waals surface area contributed by atoms with E-state index < -0.39 is 5.41 Å². The molecule has 2 aromatic carbocycles. The van der Waals surface area contributed by atoms with E-state index in [9.17, 15) is 9.59 Å². The SMILES string of the molecule is CC(=O)c1cc2c(I)cc1CCc1cc3c(cc1I)CC3(C(C)=O)C2. The van der Waals surface area contributed by atoms with Crippen molar-refractivity contribution in [3.05, 3.63) is 64.8 Å². The molecular formula is C21H18I2O2. The number of carbonyl (C=O) groups excluding carboxylic acids is 2. The number of rotatable bonds is 2. The monoisotopic (exact) mass is 556 g/mol. The molecule has 1 atom stereocenters. The lowest BCUT2D eigenvalue weighted by Gasteiger charge is -2.43. The van der Waals surface area contributed by atoms with Crippen LogP contribution < -0.4 is 0 Å². The minimum Gasteiger partial charge on any atom is -0.299 e. The molecule has 5 rings (SSSR count). The van der Waals surface area contributed by atoms with Crippen molar-refractivity contribution in [2.24, 2.45) is 0 Å². The smallest absolute Gasteiger partial charge is 0.160 e. The lowest BCUT2D eigenvalue weighted by atomic mass is 9.59. The highest BCUT2D eigenvalue weighted by molar-refractivity contribution is 14.1. The predicted octanol–water partition coefficient (Wildman–Crippen LogP) is 4.82. The zero-order valence-electron chi connectivity index (χ0n) is 14.2. The second-order valence-electron chi connectivity index (χ2n) is 7.25. The van der Waals surface area contributed by atoms with Crippen LogP contribution in [-0.2, 0) is 35.9 Å². The molecule has 2 aromatic rings. The van der Waals surface area contributed by atoms with Crippen molar-refractivity contribution in [1.82, 2.24) is 0 Å². The maximum Gasteiger partial charge on any atom is 0.160 e. The Hall–Kier alpha value is -0.760. The number of hydrogen-bond donors (Lipinski definition) is 0. The second kappa shape index (κ2) is 6.15. The van der Waals surface area contributed by atoms with Gasteiger partial charge in [0.1, 0.15) is 5.78 Å². The van der Waals surface area contributed by atoms with Crippen LogP contribution in [0.15, 0.2) is 24.3 Å². The third-order valence-corrected chi connectivity index (χ3v) is 7.77. The molecule has 0 aromatic heterocycles. The summed E-state index contributed by atoms with van der Waals surface area (Å²) in [5.74, 6) is 0.343. The van der Waals surface area contributed by atoms with Crippen molar-refractivity contribution in [2.45, 2.75) is 44.9 Å². The minimum absolute atomic E-state index is 0.111. The molecule has 4 heteroatoms. The predicted molar refractivity (Wildman–Crippen MR) is 115 cm³/mol. The van der Waals surface area contributed by atoms with Gasteiger partial charge in [-0.1, -0.05) is 6.07 Å². The first-order valence-corrected chi connectivity index (χ1v) is 10.6. The highest BCUT2D eigenvalue weighted by Gasteiger charge is 2.47. The van der Waals surface area contributed by atoms with Gasteiger partial charge in [0, 0.05) is 12.7 Å². The van der Waals surface area contributed by atoms with Crippen LogP contribution in [0.1, 0.15) is 52.0 Å². The first kappa shape index (κ1) is 17.6. The summed E-state index contributed by atoms with van der Waals surface area (Å²) in [7, 11) is 0. The summed E-state index contributed by atoms with van der Waals surface area (Å²) in [6.07, 6.45) is 3.25. The molecule has 0 fully saturated rings. The number of hydrogen-bond acceptors (Lipinski definition) is 2. The van der Waals surface area contributed by atoms with Gasteiger partial charge >= 0.3 is 0 Å².